The van der Waals surface area contributed by atoms with Crippen LogP contribution < -0.4 is 14.8 Å². The number of methoxy groups -OCH3 is 1. The van der Waals surface area contributed by atoms with Gasteiger partial charge in [0.2, 0.25) is 5.91 Å². The molecule has 0 bridgehead atoms. The normalized spacial score (nSPS) is 12.1. The number of hydrogen-bond donors (Lipinski definition) is 1. The smallest absolute Gasteiger partial charge is 0.261 e. The van der Waals surface area contributed by atoms with Crippen molar-refractivity contribution in [1.82, 2.24) is 10.2 Å². The second kappa shape index (κ2) is 10.8. The van der Waals surface area contributed by atoms with Crippen LogP contribution in [-0.2, 0) is 16.1 Å². The Bertz CT molecular complexity index is 855. The van der Waals surface area contributed by atoms with Gasteiger partial charge in [-0.15, -0.1) is 0 Å². The molecule has 1 N–H and O–H groups in total. The van der Waals surface area contributed by atoms with Crippen LogP contribution in [0.4, 0.5) is 0 Å². The van der Waals surface area contributed by atoms with Gasteiger partial charge in [-0.25, -0.2) is 0 Å². The Kier molecular flexibility index (Phi) is 8.48. The van der Waals surface area contributed by atoms with E-state index in [1.807, 2.05) is 58.9 Å². The number of hydrogen-bond acceptors (Lipinski definition) is 4. The van der Waals surface area contributed by atoms with E-state index in [9.17, 15) is 9.59 Å². The van der Waals surface area contributed by atoms with Crippen LogP contribution in [0.25, 0.3) is 0 Å². The van der Waals surface area contributed by atoms with E-state index in [2.05, 4.69) is 5.32 Å². The van der Waals surface area contributed by atoms with Crippen LogP contribution in [0.1, 0.15) is 45.2 Å². The molecule has 31 heavy (non-hydrogen) atoms. The van der Waals surface area contributed by atoms with E-state index in [1.54, 1.807) is 36.3 Å². The first-order valence-electron chi connectivity index (χ1n) is 10.6. The van der Waals surface area contributed by atoms with Gasteiger partial charge in [-0.1, -0.05) is 36.8 Å². The summed E-state index contributed by atoms with van der Waals surface area (Å²) < 4.78 is 10.8. The molecule has 2 aromatic carbocycles. The molecule has 0 aliphatic rings. The second-order valence-electron chi connectivity index (χ2n) is 8.63. The SMILES string of the molecule is CCC(C(=O)NC(C)(C)C)N(Cc1ccc(C)cc1)C(=O)COc1ccc(OC)cc1. The number of benzene rings is 2. The maximum absolute atomic E-state index is 13.2. The van der Waals surface area contributed by atoms with E-state index in [1.165, 1.54) is 0 Å². The quantitative estimate of drug-likeness (QED) is 0.655. The third-order valence-electron chi connectivity index (χ3n) is 4.78. The first-order chi connectivity index (χ1) is 14.6. The fourth-order valence-electron chi connectivity index (χ4n) is 3.16. The first kappa shape index (κ1) is 24.3. The van der Waals surface area contributed by atoms with Crippen molar-refractivity contribution < 1.29 is 19.1 Å². The molecule has 0 heterocycles. The van der Waals surface area contributed by atoms with Crippen molar-refractivity contribution in [2.75, 3.05) is 13.7 Å². The predicted octanol–water partition coefficient (Wildman–Crippen LogP) is 4.10. The fraction of sp³-hybridized carbons (Fsp3) is 0.440. The molecular formula is C25H34N2O4. The topological polar surface area (TPSA) is 67.9 Å². The minimum atomic E-state index is -0.590. The summed E-state index contributed by atoms with van der Waals surface area (Å²) in [5.41, 5.74) is 1.72. The molecule has 0 aliphatic heterocycles. The summed E-state index contributed by atoms with van der Waals surface area (Å²) in [6.45, 7) is 9.88. The van der Waals surface area contributed by atoms with E-state index >= 15 is 0 Å². The van der Waals surface area contributed by atoms with Crippen LogP contribution in [0.15, 0.2) is 48.5 Å². The number of amides is 2. The number of nitrogens with zero attached hydrogens (tertiary/aromatic N) is 1. The second-order valence-corrected chi connectivity index (χ2v) is 8.63. The van der Waals surface area contributed by atoms with E-state index in [0.29, 0.717) is 24.5 Å². The van der Waals surface area contributed by atoms with Gasteiger partial charge in [-0.05, 0) is 63.9 Å². The summed E-state index contributed by atoms with van der Waals surface area (Å²) >= 11 is 0. The fourth-order valence-corrected chi connectivity index (χ4v) is 3.16. The average Bonchev–Trinajstić information content (AvgIpc) is 2.72. The van der Waals surface area contributed by atoms with Crippen LogP contribution in [0, 0.1) is 6.92 Å². The lowest BCUT2D eigenvalue weighted by Gasteiger charge is -2.33. The molecule has 6 heteroatoms. The molecule has 0 saturated heterocycles. The molecule has 0 fully saturated rings. The van der Waals surface area contributed by atoms with Gasteiger partial charge in [-0.2, -0.15) is 0 Å². The highest BCUT2D eigenvalue weighted by Crippen LogP contribution is 2.18. The molecule has 0 aliphatic carbocycles. The van der Waals surface area contributed by atoms with Crippen molar-refractivity contribution >= 4 is 11.8 Å². The molecule has 1 atom stereocenters. The summed E-state index contributed by atoms with van der Waals surface area (Å²) in [7, 11) is 1.59. The molecule has 1 unspecified atom stereocenters. The predicted molar refractivity (Wildman–Crippen MR) is 122 cm³/mol. The van der Waals surface area contributed by atoms with Crippen LogP contribution in [0.2, 0.25) is 0 Å². The van der Waals surface area contributed by atoms with Crippen molar-refractivity contribution in [3.8, 4) is 11.5 Å². The van der Waals surface area contributed by atoms with Crippen molar-refractivity contribution in [2.24, 2.45) is 0 Å². The van der Waals surface area contributed by atoms with E-state index in [-0.39, 0.29) is 24.0 Å². The molecule has 0 aromatic heterocycles. The third kappa shape index (κ3) is 7.63. The van der Waals surface area contributed by atoms with Crippen molar-refractivity contribution in [3.63, 3.8) is 0 Å². The number of nitrogens with one attached hydrogen (secondary N) is 1. The van der Waals surface area contributed by atoms with Gasteiger partial charge in [-0.3, -0.25) is 9.59 Å². The van der Waals surface area contributed by atoms with Gasteiger partial charge in [0.05, 0.1) is 7.11 Å². The van der Waals surface area contributed by atoms with E-state index < -0.39 is 6.04 Å². The van der Waals surface area contributed by atoms with E-state index in [0.717, 1.165) is 11.1 Å². The van der Waals surface area contributed by atoms with Crippen molar-refractivity contribution in [1.29, 1.82) is 0 Å². The highest BCUT2D eigenvalue weighted by atomic mass is 16.5. The van der Waals surface area contributed by atoms with Gasteiger partial charge in [0.15, 0.2) is 6.61 Å². The number of ether oxygens (including phenoxy) is 2. The van der Waals surface area contributed by atoms with Gasteiger partial charge in [0.1, 0.15) is 17.5 Å². The first-order valence-corrected chi connectivity index (χ1v) is 10.6. The summed E-state index contributed by atoms with van der Waals surface area (Å²) in [5.74, 6) is 0.869. The van der Waals surface area contributed by atoms with Crippen molar-refractivity contribution in [2.45, 2.75) is 59.2 Å². The molecule has 6 nitrogen and oxygen atoms in total. The zero-order chi connectivity index (χ0) is 23.0. The van der Waals surface area contributed by atoms with Gasteiger partial charge in [0, 0.05) is 12.1 Å². The van der Waals surface area contributed by atoms with Crippen LogP contribution in [0.3, 0.4) is 0 Å². The van der Waals surface area contributed by atoms with Crippen LogP contribution in [-0.4, -0.2) is 42.0 Å². The zero-order valence-corrected chi connectivity index (χ0v) is 19.4. The molecule has 2 rings (SSSR count). The molecule has 0 saturated carbocycles. The standard InChI is InChI=1S/C25H34N2O4/c1-7-22(24(29)26-25(3,4)5)27(16-19-10-8-18(2)9-11-19)23(28)17-31-21-14-12-20(30-6)13-15-21/h8-15,22H,7,16-17H2,1-6H3,(H,26,29). The van der Waals surface area contributed by atoms with E-state index in [4.69, 9.17) is 9.47 Å². The van der Waals surface area contributed by atoms with Crippen LogP contribution >= 0.6 is 0 Å². The zero-order valence-electron chi connectivity index (χ0n) is 19.4. The minimum Gasteiger partial charge on any atom is -0.497 e. The highest BCUT2D eigenvalue weighted by Gasteiger charge is 2.30. The molecular weight excluding hydrogens is 392 g/mol. The Labute approximate surface area is 185 Å². The number of carbonyl (C=O) groups excluding carboxylic acids is 2. The van der Waals surface area contributed by atoms with Crippen LogP contribution in [0.5, 0.6) is 11.5 Å². The Morgan fingerprint density at radius 2 is 1.58 bits per heavy atom. The highest BCUT2D eigenvalue weighted by molar-refractivity contribution is 5.88. The summed E-state index contributed by atoms with van der Waals surface area (Å²) in [4.78, 5) is 27.7. The maximum Gasteiger partial charge on any atom is 0.261 e. The molecule has 2 aromatic rings. The Morgan fingerprint density at radius 1 is 1.00 bits per heavy atom. The van der Waals surface area contributed by atoms with Gasteiger partial charge >= 0.3 is 0 Å². The largest absolute Gasteiger partial charge is 0.497 e. The lowest BCUT2D eigenvalue weighted by atomic mass is 10.1. The Hall–Kier alpha value is -3.02. The Morgan fingerprint density at radius 3 is 2.10 bits per heavy atom. The lowest BCUT2D eigenvalue weighted by Crippen LogP contribution is -2.54. The summed E-state index contributed by atoms with van der Waals surface area (Å²) in [6.07, 6.45) is 0.502. The molecule has 168 valence electrons. The summed E-state index contributed by atoms with van der Waals surface area (Å²) in [6, 6.07) is 14.4. The summed E-state index contributed by atoms with van der Waals surface area (Å²) in [5, 5.41) is 3.00. The number of rotatable bonds is 9. The maximum atomic E-state index is 13.2. The minimum absolute atomic E-state index is 0.155. The molecule has 0 spiro atoms. The monoisotopic (exact) mass is 426 g/mol. The third-order valence-corrected chi connectivity index (χ3v) is 4.78. The molecule has 0 radical (unpaired) electrons. The lowest BCUT2D eigenvalue weighted by molar-refractivity contribution is -0.143. The van der Waals surface area contributed by atoms with Gasteiger partial charge < -0.3 is 19.7 Å². The molecule has 2 amide bonds. The number of carbonyl (C=O) groups is 2. The Balaban J connectivity index is 2.20. The van der Waals surface area contributed by atoms with Crippen molar-refractivity contribution in [3.05, 3.63) is 59.7 Å². The number of aryl methyl sites for hydroxylation is 1. The average molecular weight is 427 g/mol. The van der Waals surface area contributed by atoms with Gasteiger partial charge in [0.25, 0.3) is 5.91 Å².